The number of benzene rings is 2. The molecule has 1 fully saturated rings. The Bertz CT molecular complexity index is 1320. The Morgan fingerprint density at radius 3 is 2.72 bits per heavy atom. The second kappa shape index (κ2) is 8.18. The van der Waals surface area contributed by atoms with E-state index in [1.54, 1.807) is 0 Å². The molecule has 0 unspecified atom stereocenters. The lowest BCUT2D eigenvalue weighted by Gasteiger charge is -2.36. The van der Waals surface area contributed by atoms with Crippen molar-refractivity contribution in [3.05, 3.63) is 66.0 Å². The maximum atomic E-state index is 13.6. The van der Waals surface area contributed by atoms with E-state index in [2.05, 4.69) is 15.3 Å². The van der Waals surface area contributed by atoms with Crippen LogP contribution in [0.25, 0.3) is 21.9 Å². The molecule has 6 nitrogen and oxygen atoms in total. The van der Waals surface area contributed by atoms with Crippen molar-refractivity contribution >= 4 is 33.7 Å². The fourth-order valence-electron chi connectivity index (χ4n) is 4.44. The van der Waals surface area contributed by atoms with Gasteiger partial charge in [0.2, 0.25) is 0 Å². The Morgan fingerprint density at radius 1 is 1.12 bits per heavy atom. The SMILES string of the molecule is Cn1c(C(=O)N2CCCC[C@H]2CNc2cnc3cc(F)c(F)cc3n2)cc2ccccc21. The van der Waals surface area contributed by atoms with Crippen molar-refractivity contribution in [3.8, 4) is 0 Å². The summed E-state index contributed by atoms with van der Waals surface area (Å²) in [7, 11) is 1.92. The lowest BCUT2D eigenvalue weighted by Crippen LogP contribution is -2.47. The molecule has 3 heterocycles. The summed E-state index contributed by atoms with van der Waals surface area (Å²) in [6.07, 6.45) is 4.38. The highest BCUT2D eigenvalue weighted by Gasteiger charge is 2.29. The summed E-state index contributed by atoms with van der Waals surface area (Å²) in [5.74, 6) is -1.43. The monoisotopic (exact) mass is 435 g/mol. The molecule has 1 atom stereocenters. The van der Waals surface area contributed by atoms with Crippen molar-refractivity contribution in [2.75, 3.05) is 18.4 Å². The minimum absolute atomic E-state index is 0.00304. The van der Waals surface area contributed by atoms with Crippen molar-refractivity contribution in [2.24, 2.45) is 7.05 Å². The van der Waals surface area contributed by atoms with Crippen LogP contribution in [0.2, 0.25) is 0 Å². The number of nitrogens with zero attached hydrogens (tertiary/aromatic N) is 4. The lowest BCUT2D eigenvalue weighted by molar-refractivity contribution is 0.0619. The van der Waals surface area contributed by atoms with Crippen LogP contribution in [0, 0.1) is 11.6 Å². The minimum atomic E-state index is -0.956. The van der Waals surface area contributed by atoms with Gasteiger partial charge in [0.25, 0.3) is 5.91 Å². The van der Waals surface area contributed by atoms with E-state index in [4.69, 9.17) is 0 Å². The number of fused-ring (bicyclic) bond motifs is 2. The van der Waals surface area contributed by atoms with E-state index in [9.17, 15) is 13.6 Å². The Labute approximate surface area is 183 Å². The first-order chi connectivity index (χ1) is 15.5. The first-order valence-electron chi connectivity index (χ1n) is 10.7. The van der Waals surface area contributed by atoms with E-state index in [1.807, 2.05) is 46.8 Å². The number of piperidine rings is 1. The summed E-state index contributed by atoms with van der Waals surface area (Å²) < 4.78 is 28.9. The number of carbonyl (C=O) groups excluding carboxylic acids is 1. The smallest absolute Gasteiger partial charge is 0.270 e. The van der Waals surface area contributed by atoms with Crippen molar-refractivity contribution < 1.29 is 13.6 Å². The maximum absolute atomic E-state index is 13.6. The normalized spacial score (nSPS) is 16.6. The van der Waals surface area contributed by atoms with Crippen LogP contribution in [0.5, 0.6) is 0 Å². The Balaban J connectivity index is 1.35. The highest BCUT2D eigenvalue weighted by molar-refractivity contribution is 5.99. The third-order valence-electron chi connectivity index (χ3n) is 6.16. The average Bonchev–Trinajstić information content (AvgIpc) is 3.15. The summed E-state index contributed by atoms with van der Waals surface area (Å²) in [6, 6.07) is 12.0. The van der Waals surface area contributed by atoms with Gasteiger partial charge < -0.3 is 14.8 Å². The summed E-state index contributed by atoms with van der Waals surface area (Å²) in [4.78, 5) is 23.9. The summed E-state index contributed by atoms with van der Waals surface area (Å²) in [5.41, 5.74) is 2.26. The first-order valence-corrected chi connectivity index (χ1v) is 10.7. The number of anilines is 1. The van der Waals surface area contributed by atoms with Crippen molar-refractivity contribution in [1.82, 2.24) is 19.4 Å². The average molecular weight is 435 g/mol. The molecule has 1 aliphatic heterocycles. The molecule has 1 saturated heterocycles. The van der Waals surface area contributed by atoms with E-state index < -0.39 is 11.6 Å². The molecule has 164 valence electrons. The number of aryl methyl sites for hydroxylation is 1. The van der Waals surface area contributed by atoms with Crippen molar-refractivity contribution in [1.29, 1.82) is 0 Å². The van der Waals surface area contributed by atoms with Gasteiger partial charge >= 0.3 is 0 Å². The number of carbonyl (C=O) groups is 1. The molecule has 1 aliphatic rings. The van der Waals surface area contributed by atoms with Crippen LogP contribution in [0.3, 0.4) is 0 Å². The molecule has 4 aromatic rings. The molecule has 8 heteroatoms. The summed E-state index contributed by atoms with van der Waals surface area (Å²) >= 11 is 0. The number of aromatic nitrogens is 3. The van der Waals surface area contributed by atoms with E-state index in [0.717, 1.165) is 42.3 Å². The highest BCUT2D eigenvalue weighted by Crippen LogP contribution is 2.24. The van der Waals surface area contributed by atoms with Gasteiger partial charge in [0.05, 0.1) is 17.2 Å². The molecule has 1 N–H and O–H groups in total. The van der Waals surface area contributed by atoms with E-state index in [0.29, 0.717) is 30.1 Å². The third-order valence-corrected chi connectivity index (χ3v) is 6.16. The summed E-state index contributed by atoms with van der Waals surface area (Å²) in [5, 5.41) is 4.27. The fraction of sp³-hybridized carbons (Fsp3) is 0.292. The van der Waals surface area contributed by atoms with Crippen LogP contribution >= 0.6 is 0 Å². The molecule has 32 heavy (non-hydrogen) atoms. The molecule has 2 aromatic carbocycles. The van der Waals surface area contributed by atoms with Gasteiger partial charge in [-0.15, -0.1) is 0 Å². The number of halogens is 2. The molecule has 0 spiro atoms. The molecule has 1 amide bonds. The second-order valence-corrected chi connectivity index (χ2v) is 8.19. The molecule has 0 bridgehead atoms. The van der Waals surface area contributed by atoms with E-state index in [1.165, 1.54) is 6.20 Å². The molecular weight excluding hydrogens is 412 g/mol. The number of para-hydroxylation sites is 1. The van der Waals surface area contributed by atoms with Gasteiger partial charge in [0.1, 0.15) is 11.5 Å². The van der Waals surface area contributed by atoms with E-state index in [-0.39, 0.29) is 17.5 Å². The standard InChI is InChI=1S/C24H23F2N5O/c1-30-21-8-3-2-6-15(21)10-22(30)24(32)31-9-5-4-7-16(31)13-28-23-14-27-19-11-17(25)18(26)12-20(19)29-23/h2-3,6,8,10-12,14,16H,4-5,7,9,13H2,1H3,(H,28,29)/t16-/m0/s1. The van der Waals surface area contributed by atoms with Crippen LogP contribution < -0.4 is 5.32 Å². The maximum Gasteiger partial charge on any atom is 0.270 e. The lowest BCUT2D eigenvalue weighted by atomic mass is 10.0. The highest BCUT2D eigenvalue weighted by atomic mass is 19.2. The second-order valence-electron chi connectivity index (χ2n) is 8.19. The Kier molecular flexibility index (Phi) is 5.20. The van der Waals surface area contributed by atoms with Crippen LogP contribution in [-0.4, -0.2) is 44.5 Å². The number of rotatable bonds is 4. The number of likely N-dealkylation sites (tertiary alicyclic amines) is 1. The van der Waals surface area contributed by atoms with Gasteiger partial charge in [0, 0.05) is 49.2 Å². The molecule has 5 rings (SSSR count). The van der Waals surface area contributed by atoms with Crippen molar-refractivity contribution in [3.63, 3.8) is 0 Å². The zero-order chi connectivity index (χ0) is 22.2. The van der Waals surface area contributed by atoms with Gasteiger partial charge in [-0.3, -0.25) is 9.78 Å². The Hall–Kier alpha value is -3.55. The van der Waals surface area contributed by atoms with Crippen molar-refractivity contribution in [2.45, 2.75) is 25.3 Å². The number of amides is 1. The molecule has 0 radical (unpaired) electrons. The van der Waals surface area contributed by atoms with Crippen LogP contribution in [0.4, 0.5) is 14.6 Å². The predicted octanol–water partition coefficient (Wildman–Crippen LogP) is 4.51. The van der Waals surface area contributed by atoms with Gasteiger partial charge in [-0.05, 0) is 31.4 Å². The zero-order valence-corrected chi connectivity index (χ0v) is 17.7. The van der Waals surface area contributed by atoms with Crippen LogP contribution in [0.15, 0.2) is 48.7 Å². The number of hydrogen-bond acceptors (Lipinski definition) is 4. The fourth-order valence-corrected chi connectivity index (χ4v) is 4.44. The third kappa shape index (κ3) is 3.66. The van der Waals surface area contributed by atoms with Crippen LogP contribution in [-0.2, 0) is 7.05 Å². The molecular formula is C24H23F2N5O. The van der Waals surface area contributed by atoms with Gasteiger partial charge in [-0.25, -0.2) is 13.8 Å². The molecule has 2 aromatic heterocycles. The molecule has 0 aliphatic carbocycles. The first kappa shape index (κ1) is 20.4. The number of hydrogen-bond donors (Lipinski definition) is 1. The van der Waals surface area contributed by atoms with E-state index >= 15 is 0 Å². The Morgan fingerprint density at radius 2 is 1.91 bits per heavy atom. The predicted molar refractivity (Wildman–Crippen MR) is 120 cm³/mol. The topological polar surface area (TPSA) is 63.1 Å². The quantitative estimate of drug-likeness (QED) is 0.513. The minimum Gasteiger partial charge on any atom is -0.367 e. The summed E-state index contributed by atoms with van der Waals surface area (Å²) in [6.45, 7) is 1.19. The van der Waals surface area contributed by atoms with Gasteiger partial charge in [-0.1, -0.05) is 18.2 Å². The zero-order valence-electron chi connectivity index (χ0n) is 17.7. The van der Waals surface area contributed by atoms with Gasteiger partial charge in [0.15, 0.2) is 11.6 Å². The largest absolute Gasteiger partial charge is 0.367 e. The molecule has 0 saturated carbocycles. The van der Waals surface area contributed by atoms with Gasteiger partial charge in [-0.2, -0.15) is 0 Å². The number of nitrogens with one attached hydrogen (secondary N) is 1. The van der Waals surface area contributed by atoms with Crippen LogP contribution in [0.1, 0.15) is 29.8 Å².